The highest BCUT2D eigenvalue weighted by atomic mass is 16.5. The first kappa shape index (κ1) is 11.0. The van der Waals surface area contributed by atoms with Crippen molar-refractivity contribution in [3.8, 4) is 0 Å². The van der Waals surface area contributed by atoms with Crippen LogP contribution < -0.4 is 0 Å². The number of aliphatic hydroxyl groups is 1. The molecule has 0 bridgehead atoms. The van der Waals surface area contributed by atoms with Gasteiger partial charge in [-0.2, -0.15) is 0 Å². The van der Waals surface area contributed by atoms with Gasteiger partial charge in [-0.1, -0.05) is 0 Å². The minimum Gasteiger partial charge on any atom is -0.393 e. The van der Waals surface area contributed by atoms with Crippen molar-refractivity contribution in [3.05, 3.63) is 0 Å². The van der Waals surface area contributed by atoms with Gasteiger partial charge in [0, 0.05) is 26.8 Å². The average Bonchev–Trinajstić information content (AvgIpc) is 2.53. The minimum absolute atomic E-state index is 0.146. The van der Waals surface area contributed by atoms with Gasteiger partial charge in [0.1, 0.15) is 0 Å². The summed E-state index contributed by atoms with van der Waals surface area (Å²) in [6, 6.07) is 0. The highest BCUT2D eigenvalue weighted by molar-refractivity contribution is 4.78. The summed E-state index contributed by atoms with van der Waals surface area (Å²) in [5, 5.41) is 9.39. The fraction of sp³-hybridized carbons (Fsp3) is 1.00. The van der Waals surface area contributed by atoms with Crippen LogP contribution in [0, 0.1) is 5.92 Å². The van der Waals surface area contributed by atoms with Gasteiger partial charge in [-0.05, 0) is 32.2 Å². The third-order valence-electron chi connectivity index (χ3n) is 2.81. The van der Waals surface area contributed by atoms with E-state index in [-0.39, 0.29) is 6.10 Å². The molecule has 0 radical (unpaired) electrons. The summed E-state index contributed by atoms with van der Waals surface area (Å²) >= 11 is 0. The van der Waals surface area contributed by atoms with Crippen molar-refractivity contribution in [2.24, 2.45) is 5.92 Å². The van der Waals surface area contributed by atoms with E-state index in [2.05, 4.69) is 4.90 Å². The molecule has 1 fully saturated rings. The summed E-state index contributed by atoms with van der Waals surface area (Å²) in [7, 11) is 1.74. The molecule has 2 atom stereocenters. The van der Waals surface area contributed by atoms with E-state index in [0.717, 1.165) is 39.1 Å². The van der Waals surface area contributed by atoms with Crippen molar-refractivity contribution >= 4 is 0 Å². The second kappa shape index (κ2) is 5.58. The van der Waals surface area contributed by atoms with Crippen LogP contribution in [0.1, 0.15) is 19.8 Å². The first-order valence-electron chi connectivity index (χ1n) is 5.13. The summed E-state index contributed by atoms with van der Waals surface area (Å²) in [6.45, 7) is 6.04. The maximum atomic E-state index is 9.39. The lowest BCUT2D eigenvalue weighted by atomic mass is 10.0. The second-order valence-corrected chi connectivity index (χ2v) is 3.94. The van der Waals surface area contributed by atoms with Gasteiger partial charge in [-0.3, -0.25) is 0 Å². The summed E-state index contributed by atoms with van der Waals surface area (Å²) in [6.07, 6.45) is 2.10. The number of aliphatic hydroxyl groups excluding tert-OH is 1. The number of likely N-dealkylation sites (tertiary alicyclic amines) is 1. The first-order valence-corrected chi connectivity index (χ1v) is 5.13. The number of hydrogen-bond donors (Lipinski definition) is 1. The van der Waals surface area contributed by atoms with E-state index < -0.39 is 0 Å². The largest absolute Gasteiger partial charge is 0.393 e. The van der Waals surface area contributed by atoms with Crippen LogP contribution in [0.25, 0.3) is 0 Å². The molecule has 1 aliphatic heterocycles. The van der Waals surface area contributed by atoms with E-state index in [1.54, 1.807) is 7.11 Å². The molecule has 0 amide bonds. The molecule has 0 spiro atoms. The number of nitrogens with zero attached hydrogens (tertiary/aromatic N) is 1. The van der Waals surface area contributed by atoms with Gasteiger partial charge >= 0.3 is 0 Å². The third-order valence-corrected chi connectivity index (χ3v) is 2.81. The standard InChI is InChI=1S/C10H21NO2/c1-9(12)10-4-6-11(8-10)5-3-7-13-2/h9-10,12H,3-8H2,1-2H3. The zero-order chi connectivity index (χ0) is 9.68. The van der Waals surface area contributed by atoms with Crippen LogP contribution in [0.2, 0.25) is 0 Å². The van der Waals surface area contributed by atoms with Crippen molar-refractivity contribution in [1.82, 2.24) is 4.90 Å². The summed E-state index contributed by atoms with van der Waals surface area (Å²) in [5.41, 5.74) is 0. The molecule has 1 aliphatic rings. The summed E-state index contributed by atoms with van der Waals surface area (Å²) in [4.78, 5) is 2.41. The fourth-order valence-corrected chi connectivity index (χ4v) is 1.89. The highest BCUT2D eigenvalue weighted by Gasteiger charge is 2.25. The molecular weight excluding hydrogens is 166 g/mol. The Balaban J connectivity index is 2.10. The van der Waals surface area contributed by atoms with Crippen LogP contribution in [0.5, 0.6) is 0 Å². The molecule has 3 nitrogen and oxygen atoms in total. The van der Waals surface area contributed by atoms with Gasteiger partial charge in [-0.15, -0.1) is 0 Å². The van der Waals surface area contributed by atoms with Gasteiger partial charge in [0.15, 0.2) is 0 Å². The zero-order valence-electron chi connectivity index (χ0n) is 8.70. The third kappa shape index (κ3) is 3.63. The van der Waals surface area contributed by atoms with Crippen LogP contribution in [-0.2, 0) is 4.74 Å². The molecule has 1 rings (SSSR count). The van der Waals surface area contributed by atoms with Gasteiger partial charge in [0.25, 0.3) is 0 Å². The van der Waals surface area contributed by atoms with Crippen molar-refractivity contribution < 1.29 is 9.84 Å². The van der Waals surface area contributed by atoms with Crippen molar-refractivity contribution in [3.63, 3.8) is 0 Å². The van der Waals surface area contributed by atoms with Crippen molar-refractivity contribution in [2.45, 2.75) is 25.9 Å². The van der Waals surface area contributed by atoms with Crippen LogP contribution in [0.15, 0.2) is 0 Å². The van der Waals surface area contributed by atoms with Crippen LogP contribution in [0.3, 0.4) is 0 Å². The van der Waals surface area contributed by atoms with Gasteiger partial charge in [0.2, 0.25) is 0 Å². The summed E-state index contributed by atoms with van der Waals surface area (Å²) < 4.78 is 5.00. The van der Waals surface area contributed by atoms with E-state index in [1.807, 2.05) is 6.92 Å². The normalized spacial score (nSPS) is 26.5. The van der Waals surface area contributed by atoms with E-state index in [9.17, 15) is 5.11 Å². The maximum absolute atomic E-state index is 9.39. The Morgan fingerprint density at radius 1 is 1.62 bits per heavy atom. The smallest absolute Gasteiger partial charge is 0.0552 e. The van der Waals surface area contributed by atoms with Crippen molar-refractivity contribution in [1.29, 1.82) is 0 Å². The lowest BCUT2D eigenvalue weighted by Crippen LogP contribution is -2.25. The number of rotatable bonds is 5. The molecule has 1 N–H and O–H groups in total. The Bertz CT molecular complexity index is 139. The van der Waals surface area contributed by atoms with Gasteiger partial charge in [-0.25, -0.2) is 0 Å². The highest BCUT2D eigenvalue weighted by Crippen LogP contribution is 2.19. The molecule has 0 aromatic rings. The van der Waals surface area contributed by atoms with E-state index >= 15 is 0 Å². The quantitative estimate of drug-likeness (QED) is 0.644. The predicted octanol–water partition coefficient (Wildman–Crippen LogP) is 0.726. The molecule has 3 heteroatoms. The Labute approximate surface area is 80.7 Å². The average molecular weight is 187 g/mol. The lowest BCUT2D eigenvalue weighted by molar-refractivity contribution is 0.125. The van der Waals surface area contributed by atoms with E-state index in [1.165, 1.54) is 0 Å². The van der Waals surface area contributed by atoms with Gasteiger partial charge < -0.3 is 14.7 Å². The number of methoxy groups -OCH3 is 1. The maximum Gasteiger partial charge on any atom is 0.0552 e. The Morgan fingerprint density at radius 3 is 2.92 bits per heavy atom. The zero-order valence-corrected chi connectivity index (χ0v) is 8.70. The van der Waals surface area contributed by atoms with E-state index in [4.69, 9.17) is 4.74 Å². The predicted molar refractivity (Wildman–Crippen MR) is 52.7 cm³/mol. The number of ether oxygens (including phenoxy) is 1. The topological polar surface area (TPSA) is 32.7 Å². The van der Waals surface area contributed by atoms with Crippen LogP contribution in [0.4, 0.5) is 0 Å². The molecule has 1 saturated heterocycles. The number of hydrogen-bond acceptors (Lipinski definition) is 3. The van der Waals surface area contributed by atoms with Crippen LogP contribution in [-0.4, -0.2) is 49.5 Å². The minimum atomic E-state index is -0.146. The van der Waals surface area contributed by atoms with Crippen LogP contribution >= 0.6 is 0 Å². The Kier molecular flexibility index (Phi) is 4.70. The first-order chi connectivity index (χ1) is 6.24. The molecule has 0 aliphatic carbocycles. The van der Waals surface area contributed by atoms with E-state index in [0.29, 0.717) is 5.92 Å². The second-order valence-electron chi connectivity index (χ2n) is 3.94. The van der Waals surface area contributed by atoms with Crippen molar-refractivity contribution in [2.75, 3.05) is 33.4 Å². The molecule has 0 aromatic carbocycles. The monoisotopic (exact) mass is 187 g/mol. The van der Waals surface area contributed by atoms with Gasteiger partial charge in [0.05, 0.1) is 6.10 Å². The molecule has 1 heterocycles. The molecular formula is C10H21NO2. The molecule has 0 aromatic heterocycles. The Morgan fingerprint density at radius 2 is 2.38 bits per heavy atom. The molecule has 13 heavy (non-hydrogen) atoms. The summed E-state index contributed by atoms with van der Waals surface area (Å²) in [5.74, 6) is 0.488. The Hall–Kier alpha value is -0.120. The molecule has 2 unspecified atom stereocenters. The molecule has 78 valence electrons. The molecule has 0 saturated carbocycles. The lowest BCUT2D eigenvalue weighted by Gasteiger charge is -2.16. The SMILES string of the molecule is COCCCN1CCC(C(C)O)C1. The fourth-order valence-electron chi connectivity index (χ4n) is 1.89.